The Hall–Kier alpha value is -1.52. The van der Waals surface area contributed by atoms with Gasteiger partial charge in [0.2, 0.25) is 0 Å². The molecule has 0 atom stereocenters. The van der Waals surface area contributed by atoms with Crippen molar-refractivity contribution in [3.05, 3.63) is 35.3 Å². The second kappa shape index (κ2) is 5.85. The molecule has 0 aliphatic rings. The Bertz CT molecular complexity index is 588. The lowest BCUT2D eigenvalue weighted by Gasteiger charge is -2.20. The summed E-state index contributed by atoms with van der Waals surface area (Å²) in [6.07, 6.45) is 1.44. The van der Waals surface area contributed by atoms with Crippen molar-refractivity contribution in [2.45, 2.75) is 32.9 Å². The molecule has 0 bridgehead atoms. The first kappa shape index (κ1) is 14.9. The fourth-order valence-electron chi connectivity index (χ4n) is 1.82. The summed E-state index contributed by atoms with van der Waals surface area (Å²) in [5.41, 5.74) is 1.65. The van der Waals surface area contributed by atoms with Crippen molar-refractivity contribution in [1.29, 1.82) is 0 Å². The van der Waals surface area contributed by atoms with Gasteiger partial charge in [0.25, 0.3) is 0 Å². The van der Waals surface area contributed by atoms with E-state index in [4.69, 9.17) is 20.8 Å². The van der Waals surface area contributed by atoms with Crippen molar-refractivity contribution >= 4 is 11.6 Å². The SMILES string of the molecule is COc1ccc(Cl)cc1-c1ocnc1CNC(C)(C)C. The molecule has 1 N–H and O–H groups in total. The van der Waals surface area contributed by atoms with Gasteiger partial charge >= 0.3 is 0 Å². The van der Waals surface area contributed by atoms with Crippen LogP contribution in [0.25, 0.3) is 11.3 Å². The maximum atomic E-state index is 6.06. The van der Waals surface area contributed by atoms with E-state index >= 15 is 0 Å². The summed E-state index contributed by atoms with van der Waals surface area (Å²) in [6, 6.07) is 5.43. The van der Waals surface area contributed by atoms with Crippen LogP contribution in [0.1, 0.15) is 26.5 Å². The summed E-state index contributed by atoms with van der Waals surface area (Å²) < 4.78 is 10.9. The van der Waals surface area contributed by atoms with Crippen molar-refractivity contribution in [2.24, 2.45) is 0 Å². The number of hydrogen-bond acceptors (Lipinski definition) is 4. The van der Waals surface area contributed by atoms with E-state index in [1.807, 2.05) is 12.1 Å². The minimum Gasteiger partial charge on any atom is -0.496 e. The summed E-state index contributed by atoms with van der Waals surface area (Å²) >= 11 is 6.06. The third-order valence-corrected chi connectivity index (χ3v) is 3.07. The van der Waals surface area contributed by atoms with Crippen molar-refractivity contribution in [2.75, 3.05) is 7.11 Å². The van der Waals surface area contributed by atoms with E-state index in [1.54, 1.807) is 13.2 Å². The highest BCUT2D eigenvalue weighted by atomic mass is 35.5. The Morgan fingerprint density at radius 2 is 2.10 bits per heavy atom. The van der Waals surface area contributed by atoms with Gasteiger partial charge in [-0.05, 0) is 39.0 Å². The molecule has 1 aromatic carbocycles. The molecule has 108 valence electrons. The number of hydrogen-bond donors (Lipinski definition) is 1. The number of nitrogens with zero attached hydrogens (tertiary/aromatic N) is 1. The lowest BCUT2D eigenvalue weighted by atomic mass is 10.1. The second-order valence-corrected chi connectivity index (χ2v) is 6.01. The Kier molecular flexibility index (Phi) is 4.35. The monoisotopic (exact) mass is 294 g/mol. The van der Waals surface area contributed by atoms with E-state index in [0.29, 0.717) is 23.1 Å². The fraction of sp³-hybridized carbons (Fsp3) is 0.400. The van der Waals surface area contributed by atoms with Crippen molar-refractivity contribution in [1.82, 2.24) is 10.3 Å². The molecular formula is C15H19ClN2O2. The maximum absolute atomic E-state index is 6.06. The molecule has 4 nitrogen and oxygen atoms in total. The molecule has 2 aromatic rings. The first-order chi connectivity index (χ1) is 9.40. The number of benzene rings is 1. The van der Waals surface area contributed by atoms with Crippen LogP contribution in [-0.4, -0.2) is 17.6 Å². The summed E-state index contributed by atoms with van der Waals surface area (Å²) in [7, 11) is 1.62. The molecule has 0 saturated heterocycles. The molecule has 1 aromatic heterocycles. The average molecular weight is 295 g/mol. The lowest BCUT2D eigenvalue weighted by Crippen LogP contribution is -2.35. The molecule has 1 heterocycles. The zero-order chi connectivity index (χ0) is 14.8. The number of methoxy groups -OCH3 is 1. The minimum atomic E-state index is 0.00857. The summed E-state index contributed by atoms with van der Waals surface area (Å²) in [5.74, 6) is 1.39. The normalized spacial score (nSPS) is 11.7. The number of nitrogens with one attached hydrogen (secondary N) is 1. The number of ether oxygens (including phenoxy) is 1. The predicted octanol–water partition coefficient (Wildman–Crippen LogP) is 3.89. The summed E-state index contributed by atoms with van der Waals surface area (Å²) in [6.45, 7) is 6.93. The van der Waals surface area contributed by atoms with Crippen molar-refractivity contribution in [3.8, 4) is 17.1 Å². The van der Waals surface area contributed by atoms with Gasteiger partial charge in [-0.15, -0.1) is 0 Å². The molecule has 0 unspecified atom stereocenters. The quantitative estimate of drug-likeness (QED) is 0.929. The minimum absolute atomic E-state index is 0.00857. The molecule has 20 heavy (non-hydrogen) atoms. The molecule has 2 rings (SSSR count). The highest BCUT2D eigenvalue weighted by molar-refractivity contribution is 6.30. The van der Waals surface area contributed by atoms with E-state index in [-0.39, 0.29) is 5.54 Å². The molecule has 0 radical (unpaired) electrons. The van der Waals surface area contributed by atoms with Gasteiger partial charge in [-0.25, -0.2) is 4.98 Å². The number of rotatable bonds is 4. The van der Waals surface area contributed by atoms with E-state index in [2.05, 4.69) is 31.1 Å². The summed E-state index contributed by atoms with van der Waals surface area (Å²) in [5, 5.41) is 4.02. The van der Waals surface area contributed by atoms with Crippen LogP contribution in [-0.2, 0) is 6.54 Å². The first-order valence-corrected chi connectivity index (χ1v) is 6.80. The van der Waals surface area contributed by atoms with Gasteiger partial charge in [0.05, 0.1) is 12.7 Å². The Balaban J connectivity index is 2.34. The molecule has 0 saturated carbocycles. The zero-order valence-corrected chi connectivity index (χ0v) is 12.9. The smallest absolute Gasteiger partial charge is 0.181 e. The first-order valence-electron chi connectivity index (χ1n) is 6.42. The van der Waals surface area contributed by atoms with Crippen LogP contribution in [0.15, 0.2) is 29.0 Å². The maximum Gasteiger partial charge on any atom is 0.181 e. The largest absolute Gasteiger partial charge is 0.496 e. The number of halogens is 1. The van der Waals surface area contributed by atoms with Gasteiger partial charge in [0, 0.05) is 17.1 Å². The van der Waals surface area contributed by atoms with Gasteiger partial charge < -0.3 is 14.5 Å². The van der Waals surface area contributed by atoms with Crippen LogP contribution in [0.3, 0.4) is 0 Å². The van der Waals surface area contributed by atoms with Crippen molar-refractivity contribution in [3.63, 3.8) is 0 Å². The molecular weight excluding hydrogens is 276 g/mol. The number of oxazole rings is 1. The van der Waals surface area contributed by atoms with E-state index in [1.165, 1.54) is 6.39 Å². The van der Waals surface area contributed by atoms with Crippen LogP contribution < -0.4 is 10.1 Å². The molecule has 0 aliphatic heterocycles. The second-order valence-electron chi connectivity index (χ2n) is 5.58. The van der Waals surface area contributed by atoms with E-state index in [0.717, 1.165) is 11.3 Å². The van der Waals surface area contributed by atoms with E-state index in [9.17, 15) is 0 Å². The zero-order valence-electron chi connectivity index (χ0n) is 12.2. The Labute approximate surface area is 124 Å². The Morgan fingerprint density at radius 1 is 1.35 bits per heavy atom. The lowest BCUT2D eigenvalue weighted by molar-refractivity contribution is 0.413. The van der Waals surface area contributed by atoms with Gasteiger partial charge in [-0.2, -0.15) is 0 Å². The summed E-state index contributed by atoms with van der Waals surface area (Å²) in [4.78, 5) is 4.27. The molecule has 0 amide bonds. The highest BCUT2D eigenvalue weighted by Crippen LogP contribution is 2.34. The van der Waals surface area contributed by atoms with E-state index < -0.39 is 0 Å². The van der Waals surface area contributed by atoms with Crippen LogP contribution in [0.5, 0.6) is 5.75 Å². The molecule has 5 heteroatoms. The van der Waals surface area contributed by atoms with Gasteiger partial charge in [0.15, 0.2) is 12.2 Å². The van der Waals surface area contributed by atoms with Crippen LogP contribution in [0, 0.1) is 0 Å². The van der Waals surface area contributed by atoms with Crippen LogP contribution >= 0.6 is 11.6 Å². The van der Waals surface area contributed by atoms with Gasteiger partial charge in [-0.1, -0.05) is 11.6 Å². The topological polar surface area (TPSA) is 47.3 Å². The average Bonchev–Trinajstić information content (AvgIpc) is 2.83. The molecule has 0 aliphatic carbocycles. The third-order valence-electron chi connectivity index (χ3n) is 2.83. The fourth-order valence-corrected chi connectivity index (χ4v) is 1.99. The highest BCUT2D eigenvalue weighted by Gasteiger charge is 2.17. The van der Waals surface area contributed by atoms with Gasteiger partial charge in [-0.3, -0.25) is 0 Å². The third kappa shape index (κ3) is 3.52. The molecule has 0 fully saturated rings. The van der Waals surface area contributed by atoms with Gasteiger partial charge in [0.1, 0.15) is 11.4 Å². The number of aromatic nitrogens is 1. The standard InChI is InChI=1S/C15H19ClN2O2/c1-15(2,3)18-8-12-14(20-9-17-12)11-7-10(16)5-6-13(11)19-4/h5-7,9,18H,8H2,1-4H3. The Morgan fingerprint density at radius 3 is 2.75 bits per heavy atom. The predicted molar refractivity (Wildman–Crippen MR) is 80.1 cm³/mol. The van der Waals surface area contributed by atoms with Crippen LogP contribution in [0.2, 0.25) is 5.02 Å². The van der Waals surface area contributed by atoms with Crippen LogP contribution in [0.4, 0.5) is 0 Å². The molecule has 0 spiro atoms. The van der Waals surface area contributed by atoms with Crippen molar-refractivity contribution < 1.29 is 9.15 Å².